The summed E-state index contributed by atoms with van der Waals surface area (Å²) in [5.74, 6) is -0.852. The Morgan fingerprint density at radius 2 is 2.44 bits per heavy atom. The number of carbonyl (C=O) groups is 1. The molecule has 0 amide bonds. The van der Waals surface area contributed by atoms with Gasteiger partial charge in [-0.25, -0.2) is 4.98 Å². The van der Waals surface area contributed by atoms with E-state index in [1.54, 1.807) is 10.8 Å². The third-order valence-corrected chi connectivity index (χ3v) is 3.41. The van der Waals surface area contributed by atoms with Crippen LogP contribution in [0, 0.1) is 0 Å². The number of aromatic nitrogens is 2. The Labute approximate surface area is 103 Å². The van der Waals surface area contributed by atoms with E-state index in [0.717, 1.165) is 16.6 Å². The molecule has 1 atom stereocenters. The molecule has 3 rings (SSSR count). The first kappa shape index (κ1) is 11.2. The lowest BCUT2D eigenvalue weighted by Gasteiger charge is -2.21. The van der Waals surface area contributed by atoms with Crippen LogP contribution in [0.2, 0.25) is 0 Å². The summed E-state index contributed by atoms with van der Waals surface area (Å²) in [4.78, 5) is 15.3. The molecule has 1 aliphatic heterocycles. The fourth-order valence-electron chi connectivity index (χ4n) is 2.55. The van der Waals surface area contributed by atoms with E-state index in [1.165, 1.54) is 0 Å². The lowest BCUT2D eigenvalue weighted by Crippen LogP contribution is -2.42. The second kappa shape index (κ2) is 4.08. The summed E-state index contributed by atoms with van der Waals surface area (Å²) in [6.07, 6.45) is 2.09. The average Bonchev–Trinajstić information content (AvgIpc) is 2.71. The highest BCUT2D eigenvalue weighted by molar-refractivity contribution is 5.84. The highest BCUT2D eigenvalue weighted by atomic mass is 16.4. The van der Waals surface area contributed by atoms with Crippen LogP contribution in [0.4, 0.5) is 0 Å². The van der Waals surface area contributed by atoms with Gasteiger partial charge in [0, 0.05) is 30.2 Å². The zero-order valence-corrected chi connectivity index (χ0v) is 9.63. The van der Waals surface area contributed by atoms with Gasteiger partial charge >= 0.3 is 5.97 Å². The molecule has 0 saturated carbocycles. The summed E-state index contributed by atoms with van der Waals surface area (Å²) in [6.45, 7) is 0.283. The first-order valence-corrected chi connectivity index (χ1v) is 5.74. The summed E-state index contributed by atoms with van der Waals surface area (Å²) in [5, 5.41) is 22.4. The number of rotatable bonds is 2. The van der Waals surface area contributed by atoms with Crippen molar-refractivity contribution in [3.05, 3.63) is 29.6 Å². The number of pyridine rings is 1. The van der Waals surface area contributed by atoms with Gasteiger partial charge in [0.1, 0.15) is 18.4 Å². The number of nitrogens with one attached hydrogen (secondary N) is 1. The van der Waals surface area contributed by atoms with E-state index in [-0.39, 0.29) is 6.73 Å². The quantitative estimate of drug-likeness (QED) is 0.699. The van der Waals surface area contributed by atoms with Crippen molar-refractivity contribution in [2.24, 2.45) is 0 Å². The topological polar surface area (TPSA) is 87.4 Å². The van der Waals surface area contributed by atoms with E-state index in [9.17, 15) is 9.90 Å². The third kappa shape index (κ3) is 1.50. The molecule has 1 unspecified atom stereocenters. The minimum absolute atomic E-state index is 0.151. The van der Waals surface area contributed by atoms with E-state index >= 15 is 0 Å². The van der Waals surface area contributed by atoms with Crippen molar-refractivity contribution in [2.45, 2.75) is 25.7 Å². The lowest BCUT2D eigenvalue weighted by atomic mass is 9.99. The third-order valence-electron chi connectivity index (χ3n) is 3.41. The minimum atomic E-state index is -0.852. The maximum absolute atomic E-state index is 11.0. The Hall–Kier alpha value is -1.92. The van der Waals surface area contributed by atoms with Gasteiger partial charge in [-0.3, -0.25) is 10.1 Å². The number of aliphatic carboxylic acids is 1. The molecule has 2 aromatic rings. The predicted octanol–water partition coefficient (Wildman–Crippen LogP) is 0.0850. The zero-order chi connectivity index (χ0) is 12.7. The van der Waals surface area contributed by atoms with Crippen LogP contribution in [0.5, 0.6) is 0 Å². The van der Waals surface area contributed by atoms with Crippen LogP contribution < -0.4 is 5.32 Å². The smallest absolute Gasteiger partial charge is 0.321 e. The van der Waals surface area contributed by atoms with E-state index in [4.69, 9.17) is 5.11 Å². The number of hydrogen-bond acceptors (Lipinski definition) is 4. The van der Waals surface area contributed by atoms with Crippen LogP contribution >= 0.6 is 0 Å². The maximum atomic E-state index is 11.0. The van der Waals surface area contributed by atoms with Crippen LogP contribution in [-0.2, 0) is 24.5 Å². The van der Waals surface area contributed by atoms with Gasteiger partial charge in [0.25, 0.3) is 0 Å². The molecule has 2 aromatic heterocycles. The van der Waals surface area contributed by atoms with Crippen molar-refractivity contribution in [1.82, 2.24) is 14.9 Å². The normalized spacial score (nSPS) is 18.8. The second-order valence-corrected chi connectivity index (χ2v) is 4.35. The number of hydrogen-bond donors (Lipinski definition) is 3. The van der Waals surface area contributed by atoms with Gasteiger partial charge in [-0.2, -0.15) is 0 Å². The number of aliphatic hydroxyl groups is 1. The second-order valence-electron chi connectivity index (χ2n) is 4.35. The van der Waals surface area contributed by atoms with Crippen molar-refractivity contribution < 1.29 is 15.0 Å². The molecule has 6 nitrogen and oxygen atoms in total. The van der Waals surface area contributed by atoms with E-state index < -0.39 is 12.0 Å². The summed E-state index contributed by atoms with van der Waals surface area (Å²) in [5.41, 5.74) is 2.60. The van der Waals surface area contributed by atoms with E-state index in [0.29, 0.717) is 18.6 Å². The summed E-state index contributed by atoms with van der Waals surface area (Å²) in [6, 6.07) is 3.16. The highest BCUT2D eigenvalue weighted by Gasteiger charge is 2.28. The molecule has 0 aromatic carbocycles. The van der Waals surface area contributed by atoms with Gasteiger partial charge in [-0.1, -0.05) is 0 Å². The molecule has 0 aliphatic carbocycles. The molecule has 3 N–H and O–H groups in total. The van der Waals surface area contributed by atoms with Crippen molar-refractivity contribution in [2.75, 3.05) is 0 Å². The predicted molar refractivity (Wildman–Crippen MR) is 63.9 cm³/mol. The van der Waals surface area contributed by atoms with Crippen LogP contribution in [0.25, 0.3) is 11.0 Å². The maximum Gasteiger partial charge on any atom is 0.321 e. The molecule has 1 aliphatic rings. The fraction of sp³-hybridized carbons (Fsp3) is 0.333. The molecule has 0 spiro atoms. The Balaban J connectivity index is 2.19. The minimum Gasteiger partial charge on any atom is -0.480 e. The summed E-state index contributed by atoms with van der Waals surface area (Å²) >= 11 is 0. The SMILES string of the molecule is O=C(O)C1Cc2c(n(CO)c3ncccc23)CN1. The monoisotopic (exact) mass is 247 g/mol. The number of fused-ring (bicyclic) bond motifs is 3. The molecule has 6 heteroatoms. The van der Waals surface area contributed by atoms with Crippen LogP contribution in [0.1, 0.15) is 11.3 Å². The first-order valence-electron chi connectivity index (χ1n) is 5.74. The molecular weight excluding hydrogens is 234 g/mol. The number of carboxylic acids is 1. The molecule has 0 fully saturated rings. The number of aliphatic hydroxyl groups excluding tert-OH is 1. The van der Waals surface area contributed by atoms with Crippen LogP contribution in [-0.4, -0.2) is 31.8 Å². The molecule has 0 radical (unpaired) electrons. The van der Waals surface area contributed by atoms with Gasteiger partial charge in [0.05, 0.1) is 0 Å². The standard InChI is InChI=1S/C12H13N3O3/c16-6-15-10-5-14-9(12(17)18)4-8(10)7-2-1-3-13-11(7)15/h1-3,9,14,16H,4-6H2,(H,17,18). The van der Waals surface area contributed by atoms with Crippen molar-refractivity contribution in [1.29, 1.82) is 0 Å². The number of nitrogens with zero attached hydrogens (tertiary/aromatic N) is 2. The Morgan fingerprint density at radius 1 is 1.61 bits per heavy atom. The number of carboxylic acid groups (broad SMARTS) is 1. The Bertz CT molecular complexity index is 620. The lowest BCUT2D eigenvalue weighted by molar-refractivity contribution is -0.139. The van der Waals surface area contributed by atoms with Gasteiger partial charge in [-0.05, 0) is 17.7 Å². The summed E-state index contributed by atoms with van der Waals surface area (Å²) in [7, 11) is 0. The van der Waals surface area contributed by atoms with E-state index in [2.05, 4.69) is 10.3 Å². The van der Waals surface area contributed by atoms with Gasteiger partial charge in [-0.15, -0.1) is 0 Å². The van der Waals surface area contributed by atoms with Crippen molar-refractivity contribution >= 4 is 17.0 Å². The van der Waals surface area contributed by atoms with Crippen LogP contribution in [0.15, 0.2) is 18.3 Å². The first-order chi connectivity index (χ1) is 8.72. The highest BCUT2D eigenvalue weighted by Crippen LogP contribution is 2.28. The Morgan fingerprint density at radius 3 is 3.17 bits per heavy atom. The molecule has 0 saturated heterocycles. The average molecular weight is 247 g/mol. The van der Waals surface area contributed by atoms with Gasteiger partial charge in [0.15, 0.2) is 0 Å². The van der Waals surface area contributed by atoms with Gasteiger partial charge < -0.3 is 14.8 Å². The molecule has 94 valence electrons. The Kier molecular flexibility index (Phi) is 2.53. The fourth-order valence-corrected chi connectivity index (χ4v) is 2.55. The van der Waals surface area contributed by atoms with Crippen LogP contribution in [0.3, 0.4) is 0 Å². The molecule has 0 bridgehead atoms. The van der Waals surface area contributed by atoms with Gasteiger partial charge in [0.2, 0.25) is 0 Å². The molecular formula is C12H13N3O3. The molecule has 18 heavy (non-hydrogen) atoms. The van der Waals surface area contributed by atoms with Crippen molar-refractivity contribution in [3.8, 4) is 0 Å². The summed E-state index contributed by atoms with van der Waals surface area (Å²) < 4.78 is 1.72. The largest absolute Gasteiger partial charge is 0.480 e. The van der Waals surface area contributed by atoms with Crippen molar-refractivity contribution in [3.63, 3.8) is 0 Å². The zero-order valence-electron chi connectivity index (χ0n) is 9.63. The molecule has 3 heterocycles. The van der Waals surface area contributed by atoms with E-state index in [1.807, 2.05) is 12.1 Å².